The molecule has 3 rings (SSSR count). The molecular formula is C20H16N2O8. The van der Waals surface area contributed by atoms with Gasteiger partial charge in [0.2, 0.25) is 5.76 Å². The largest absolute Gasteiger partial charge is 0.495 e. The van der Waals surface area contributed by atoms with Crippen LogP contribution in [-0.2, 0) is 9.53 Å². The number of para-hydroxylation sites is 1. The summed E-state index contributed by atoms with van der Waals surface area (Å²) >= 11 is 0. The zero-order valence-corrected chi connectivity index (χ0v) is 15.9. The number of nitro benzene ring substituents is 1. The second-order valence-corrected chi connectivity index (χ2v) is 6.15. The number of nitrogens with zero attached hydrogens (tertiary/aromatic N) is 1. The highest BCUT2D eigenvalue weighted by Crippen LogP contribution is 2.29. The number of rotatable bonds is 6. The molecule has 0 bridgehead atoms. The number of methoxy groups -OCH3 is 1. The smallest absolute Gasteiger partial charge is 0.375 e. The fraction of sp³-hybridized carbons (Fsp3) is 0.150. The molecular weight excluding hydrogens is 396 g/mol. The number of amides is 1. The Hall–Kier alpha value is -4.21. The molecule has 0 saturated carbocycles. The number of non-ortho nitro benzene ring substituents is 1. The highest BCUT2D eigenvalue weighted by Gasteiger charge is 2.23. The van der Waals surface area contributed by atoms with Crippen molar-refractivity contribution in [1.82, 2.24) is 0 Å². The number of benzene rings is 2. The van der Waals surface area contributed by atoms with Gasteiger partial charge < -0.3 is 19.2 Å². The van der Waals surface area contributed by atoms with Crippen LogP contribution in [0.15, 0.2) is 57.7 Å². The molecule has 3 aromatic rings. The van der Waals surface area contributed by atoms with E-state index in [2.05, 4.69) is 5.32 Å². The van der Waals surface area contributed by atoms with E-state index in [9.17, 15) is 24.5 Å². The third-order valence-corrected chi connectivity index (χ3v) is 4.14. The molecule has 1 aromatic heterocycles. The lowest BCUT2D eigenvalue weighted by Gasteiger charge is -2.15. The number of esters is 1. The normalized spacial score (nSPS) is 11.5. The number of carbonyl (C=O) groups excluding carboxylic acids is 2. The zero-order chi connectivity index (χ0) is 21.8. The minimum Gasteiger partial charge on any atom is -0.495 e. The van der Waals surface area contributed by atoms with Gasteiger partial charge in [0.1, 0.15) is 11.3 Å². The number of nitro groups is 1. The van der Waals surface area contributed by atoms with E-state index in [1.807, 2.05) is 0 Å². The molecule has 0 unspecified atom stereocenters. The van der Waals surface area contributed by atoms with Gasteiger partial charge in [-0.05, 0) is 25.1 Å². The van der Waals surface area contributed by atoms with E-state index in [0.717, 1.165) is 12.1 Å². The number of carbonyl (C=O) groups is 2. The molecule has 0 fully saturated rings. The Bertz CT molecular complexity index is 1200. The molecule has 2 aromatic carbocycles. The van der Waals surface area contributed by atoms with Crippen LogP contribution in [0.3, 0.4) is 0 Å². The van der Waals surface area contributed by atoms with Crippen LogP contribution in [0.1, 0.15) is 17.5 Å². The summed E-state index contributed by atoms with van der Waals surface area (Å²) in [5.41, 5.74) is -0.442. The van der Waals surface area contributed by atoms with Crippen LogP contribution in [0.25, 0.3) is 11.0 Å². The van der Waals surface area contributed by atoms with Gasteiger partial charge in [-0.15, -0.1) is 0 Å². The van der Waals surface area contributed by atoms with Crippen molar-refractivity contribution in [2.75, 3.05) is 12.4 Å². The summed E-state index contributed by atoms with van der Waals surface area (Å²) in [7, 11) is 1.34. The minimum atomic E-state index is -1.29. The van der Waals surface area contributed by atoms with E-state index in [-0.39, 0.29) is 28.5 Å². The summed E-state index contributed by atoms with van der Waals surface area (Å²) in [6.45, 7) is 1.30. The van der Waals surface area contributed by atoms with E-state index in [4.69, 9.17) is 13.9 Å². The molecule has 1 heterocycles. The predicted molar refractivity (Wildman–Crippen MR) is 106 cm³/mol. The second-order valence-electron chi connectivity index (χ2n) is 6.15. The Balaban J connectivity index is 1.76. The van der Waals surface area contributed by atoms with Gasteiger partial charge in [-0.1, -0.05) is 12.1 Å². The number of fused-ring (bicyclic) bond motifs is 1. The van der Waals surface area contributed by atoms with Crippen molar-refractivity contribution in [2.45, 2.75) is 13.0 Å². The van der Waals surface area contributed by atoms with E-state index < -0.39 is 28.3 Å². The first-order valence-corrected chi connectivity index (χ1v) is 8.67. The van der Waals surface area contributed by atoms with E-state index >= 15 is 0 Å². The molecule has 30 heavy (non-hydrogen) atoms. The first-order chi connectivity index (χ1) is 14.3. The number of ether oxygens (including phenoxy) is 2. The molecule has 1 amide bonds. The van der Waals surface area contributed by atoms with Crippen LogP contribution in [0.5, 0.6) is 5.75 Å². The first-order valence-electron chi connectivity index (χ1n) is 8.67. The number of hydrogen-bond donors (Lipinski definition) is 1. The predicted octanol–water partition coefficient (Wildman–Crippen LogP) is 2.89. The zero-order valence-electron chi connectivity index (χ0n) is 15.9. The topological polar surface area (TPSA) is 138 Å². The number of hydrogen-bond acceptors (Lipinski definition) is 8. The summed E-state index contributed by atoms with van der Waals surface area (Å²) in [6.07, 6.45) is -1.29. The molecule has 0 spiro atoms. The standard InChI is InChI=1S/C20H16N2O8/c1-11(19(24)21-14-9-12(22(26)27)7-8-17(14)28-2)29-20(25)18-10-15(23)13-5-3-4-6-16(13)30-18/h3-11H,1-2H3,(H,21,24)/t11-/m1/s1. The Kier molecular flexibility index (Phi) is 5.77. The second kappa shape index (κ2) is 8.43. The van der Waals surface area contributed by atoms with Crippen LogP contribution in [0.4, 0.5) is 11.4 Å². The summed E-state index contributed by atoms with van der Waals surface area (Å²) in [5.74, 6) is -1.93. The van der Waals surface area contributed by atoms with Gasteiger partial charge in [0, 0.05) is 18.2 Å². The van der Waals surface area contributed by atoms with Crippen molar-refractivity contribution in [3.05, 3.63) is 74.6 Å². The highest BCUT2D eigenvalue weighted by atomic mass is 16.6. The Morgan fingerprint density at radius 3 is 2.60 bits per heavy atom. The fourth-order valence-corrected chi connectivity index (χ4v) is 2.62. The lowest BCUT2D eigenvalue weighted by molar-refractivity contribution is -0.384. The average molecular weight is 412 g/mol. The molecule has 10 heteroatoms. The maximum absolute atomic E-state index is 12.4. The number of anilines is 1. The first kappa shape index (κ1) is 20.5. The van der Waals surface area contributed by atoms with Crippen molar-refractivity contribution >= 4 is 34.2 Å². The summed E-state index contributed by atoms with van der Waals surface area (Å²) in [5, 5.41) is 13.7. The van der Waals surface area contributed by atoms with E-state index in [1.54, 1.807) is 18.2 Å². The number of nitrogens with one attached hydrogen (secondary N) is 1. The fourth-order valence-electron chi connectivity index (χ4n) is 2.62. The van der Waals surface area contributed by atoms with Crippen molar-refractivity contribution < 1.29 is 28.4 Å². The molecule has 1 atom stereocenters. The summed E-state index contributed by atoms with van der Waals surface area (Å²) in [4.78, 5) is 47.2. The van der Waals surface area contributed by atoms with Gasteiger partial charge in [0.15, 0.2) is 11.5 Å². The molecule has 154 valence electrons. The van der Waals surface area contributed by atoms with Crippen LogP contribution < -0.4 is 15.5 Å². The van der Waals surface area contributed by atoms with Crippen LogP contribution in [0.2, 0.25) is 0 Å². The van der Waals surface area contributed by atoms with Crippen molar-refractivity contribution in [3.63, 3.8) is 0 Å². The van der Waals surface area contributed by atoms with Crippen LogP contribution in [-0.4, -0.2) is 30.0 Å². The van der Waals surface area contributed by atoms with Crippen LogP contribution in [0, 0.1) is 10.1 Å². The molecule has 0 radical (unpaired) electrons. The molecule has 10 nitrogen and oxygen atoms in total. The Morgan fingerprint density at radius 1 is 1.17 bits per heavy atom. The molecule has 0 aliphatic carbocycles. The molecule has 1 N–H and O–H groups in total. The lowest BCUT2D eigenvalue weighted by Crippen LogP contribution is -2.30. The quantitative estimate of drug-likeness (QED) is 0.370. The Labute approximate surface area is 169 Å². The van der Waals surface area contributed by atoms with Crippen molar-refractivity contribution in [2.24, 2.45) is 0 Å². The monoisotopic (exact) mass is 412 g/mol. The minimum absolute atomic E-state index is 0.0387. The summed E-state index contributed by atoms with van der Waals surface area (Å²) in [6, 6.07) is 11.0. The SMILES string of the molecule is COc1ccc([N+](=O)[O-])cc1NC(=O)[C@@H](C)OC(=O)c1cc(=O)c2ccccc2o1. The van der Waals surface area contributed by atoms with Gasteiger partial charge in [-0.3, -0.25) is 19.7 Å². The molecule has 0 aliphatic heterocycles. The third-order valence-electron chi connectivity index (χ3n) is 4.14. The van der Waals surface area contributed by atoms with E-state index in [0.29, 0.717) is 5.39 Å². The van der Waals surface area contributed by atoms with Gasteiger partial charge >= 0.3 is 5.97 Å². The van der Waals surface area contributed by atoms with Gasteiger partial charge in [0.25, 0.3) is 11.6 Å². The van der Waals surface area contributed by atoms with Gasteiger partial charge in [0.05, 0.1) is 23.1 Å². The molecule has 0 saturated heterocycles. The van der Waals surface area contributed by atoms with Crippen molar-refractivity contribution in [1.29, 1.82) is 0 Å². The van der Waals surface area contributed by atoms with Gasteiger partial charge in [-0.2, -0.15) is 0 Å². The maximum atomic E-state index is 12.4. The van der Waals surface area contributed by atoms with E-state index in [1.165, 1.54) is 32.2 Å². The lowest BCUT2D eigenvalue weighted by atomic mass is 10.2. The van der Waals surface area contributed by atoms with Crippen molar-refractivity contribution in [3.8, 4) is 5.75 Å². The van der Waals surface area contributed by atoms with Gasteiger partial charge in [-0.25, -0.2) is 4.79 Å². The Morgan fingerprint density at radius 2 is 1.90 bits per heavy atom. The molecule has 0 aliphatic rings. The summed E-state index contributed by atoms with van der Waals surface area (Å²) < 4.78 is 15.5. The van der Waals surface area contributed by atoms with Crippen LogP contribution >= 0.6 is 0 Å². The average Bonchev–Trinajstić information content (AvgIpc) is 2.73. The maximum Gasteiger partial charge on any atom is 0.375 e. The third kappa shape index (κ3) is 4.27. The highest BCUT2D eigenvalue weighted by molar-refractivity contribution is 5.98.